The molecule has 7 heavy (non-hydrogen) atoms. The van der Waals surface area contributed by atoms with E-state index in [9.17, 15) is 0 Å². The summed E-state index contributed by atoms with van der Waals surface area (Å²) >= 11 is 9.06. The van der Waals surface area contributed by atoms with Crippen LogP contribution in [0.3, 0.4) is 0 Å². The van der Waals surface area contributed by atoms with Crippen LogP contribution < -0.4 is 5.48 Å². The van der Waals surface area contributed by atoms with Crippen LogP contribution in [0, 0.1) is 0 Å². The fraction of sp³-hybridized carbons (Fsp3) is 0. The van der Waals surface area contributed by atoms with E-state index in [0.29, 0.717) is 5.03 Å². The molecule has 0 aromatic rings. The monoisotopic (exact) mass is 153 g/mol. The molecule has 1 heterocycles. The van der Waals surface area contributed by atoms with E-state index in [4.69, 9.17) is 0 Å². The van der Waals surface area contributed by atoms with Gasteiger partial charge < -0.3 is 0 Å². The number of hydrogen-bond donors (Lipinski definition) is 3. The average Bonchev–Trinajstić information content (AvgIpc) is 1.91. The Balaban J connectivity index is 2.64. The summed E-state index contributed by atoms with van der Waals surface area (Å²) in [7, 11) is 0. The second-order valence-electron chi connectivity index (χ2n) is 0.922. The van der Waals surface area contributed by atoms with Crippen LogP contribution in [-0.2, 0) is 4.28 Å². The van der Waals surface area contributed by atoms with Gasteiger partial charge >= 0.3 is 0 Å². The van der Waals surface area contributed by atoms with Crippen LogP contribution in [0.15, 0.2) is 9.27 Å². The number of rotatable bonds is 0. The van der Waals surface area contributed by atoms with Crippen LogP contribution in [0.1, 0.15) is 0 Å². The molecule has 0 radical (unpaired) electrons. The van der Waals surface area contributed by atoms with E-state index in [1.54, 1.807) is 0 Å². The molecule has 40 valence electrons. The van der Waals surface area contributed by atoms with Gasteiger partial charge in [0, 0.05) is 0 Å². The Morgan fingerprint density at radius 1 is 1.57 bits per heavy atom. The molecule has 0 spiro atoms. The van der Waals surface area contributed by atoms with Gasteiger partial charge in [-0.25, -0.2) is 5.48 Å². The van der Waals surface area contributed by atoms with Crippen molar-refractivity contribution in [3.05, 3.63) is 9.27 Å². The first-order valence-corrected chi connectivity index (χ1v) is 3.16. The minimum absolute atomic E-state index is 0.674. The molecule has 0 atom stereocenters. The summed E-state index contributed by atoms with van der Waals surface area (Å²) in [5.41, 5.74) is 2.50. The maximum Gasteiger partial charge on any atom is 0.114 e. The van der Waals surface area contributed by atoms with Crippen molar-refractivity contribution >= 4 is 37.3 Å². The fourth-order valence-electron chi connectivity index (χ4n) is 0.183. The third-order valence-corrected chi connectivity index (χ3v) is 2.08. The molecule has 0 bridgehead atoms. The molecule has 0 fully saturated rings. The Bertz CT molecular complexity index is 99.5. The van der Waals surface area contributed by atoms with Crippen molar-refractivity contribution < 1.29 is 4.28 Å². The summed E-state index contributed by atoms with van der Waals surface area (Å²) in [5.74, 6) is 0. The third kappa shape index (κ3) is 1.22. The molecule has 0 aliphatic carbocycles. The summed E-state index contributed by atoms with van der Waals surface area (Å²) in [5, 5.41) is 0.674. The molecule has 1 rings (SSSR count). The van der Waals surface area contributed by atoms with Gasteiger partial charge in [-0.1, -0.05) is 0 Å². The summed E-state index contributed by atoms with van der Waals surface area (Å²) in [4.78, 5) is 0. The Kier molecular flexibility index (Phi) is 1.80. The van der Waals surface area contributed by atoms with Crippen molar-refractivity contribution in [3.63, 3.8) is 0 Å². The fourth-order valence-corrected chi connectivity index (χ4v) is 0.884. The van der Waals surface area contributed by atoms with Gasteiger partial charge in [0.15, 0.2) is 0 Å². The van der Waals surface area contributed by atoms with Gasteiger partial charge in [-0.05, 0) is 0 Å². The van der Waals surface area contributed by atoms with Crippen molar-refractivity contribution in [2.45, 2.75) is 0 Å². The molecule has 0 saturated carbocycles. The lowest BCUT2D eigenvalue weighted by Crippen LogP contribution is -1.97. The summed E-state index contributed by atoms with van der Waals surface area (Å²) in [6, 6.07) is 0. The molecule has 2 nitrogen and oxygen atoms in total. The van der Waals surface area contributed by atoms with E-state index >= 15 is 0 Å². The minimum atomic E-state index is 0.674. The molecule has 0 unspecified atom stereocenters. The topological polar surface area (TPSA) is 21.3 Å². The highest BCUT2D eigenvalue weighted by atomic mass is 32.2. The molecule has 0 aromatic carbocycles. The van der Waals surface area contributed by atoms with E-state index in [1.165, 1.54) is 0 Å². The average molecular weight is 153 g/mol. The molecule has 1 N–H and O–H groups in total. The number of nitrogens with one attached hydrogen (secondary N) is 1. The molecule has 1 aliphatic rings. The molecule has 0 amide bonds. The smallest absolute Gasteiger partial charge is 0.114 e. The predicted octanol–water partition coefficient (Wildman–Crippen LogP) is 1.16. The normalized spacial score (nSPS) is 20.3. The first-order chi connectivity index (χ1) is 3.30. The molecular formula is C2H3NOS3. The van der Waals surface area contributed by atoms with Crippen LogP contribution in [0.2, 0.25) is 0 Å². The van der Waals surface area contributed by atoms with E-state index in [1.807, 2.05) is 0 Å². The Morgan fingerprint density at radius 3 is 2.43 bits per heavy atom. The predicted molar refractivity (Wildman–Crippen MR) is 36.8 cm³/mol. The molecule has 5 heteroatoms. The van der Waals surface area contributed by atoms with E-state index in [2.05, 4.69) is 35.0 Å². The largest absolute Gasteiger partial charge is 0.246 e. The second kappa shape index (κ2) is 2.21. The highest BCUT2D eigenvalue weighted by molar-refractivity contribution is 8.13. The molecule has 0 aromatic heterocycles. The van der Waals surface area contributed by atoms with Gasteiger partial charge in [-0.3, -0.25) is 0 Å². The molecular weight excluding hydrogens is 150 g/mol. The quantitative estimate of drug-likeness (QED) is 0.359. The number of thiol groups is 2. The number of hydroxylamine groups is 1. The maximum absolute atomic E-state index is 4.61. The SMILES string of the molecule is SC1=C(S)SON1. The maximum atomic E-state index is 4.61. The van der Waals surface area contributed by atoms with Gasteiger partial charge in [0.2, 0.25) is 0 Å². The lowest BCUT2D eigenvalue weighted by atomic mass is 11.0. The van der Waals surface area contributed by atoms with Crippen molar-refractivity contribution in [2.75, 3.05) is 0 Å². The van der Waals surface area contributed by atoms with Crippen LogP contribution >= 0.6 is 37.3 Å². The van der Waals surface area contributed by atoms with Crippen LogP contribution in [0.25, 0.3) is 0 Å². The van der Waals surface area contributed by atoms with Crippen molar-refractivity contribution in [3.8, 4) is 0 Å². The molecule has 0 saturated heterocycles. The third-order valence-electron chi connectivity index (χ3n) is 0.462. The summed E-state index contributed by atoms with van der Waals surface area (Å²) < 4.78 is 5.38. The first kappa shape index (κ1) is 5.68. The van der Waals surface area contributed by atoms with Crippen molar-refractivity contribution in [2.24, 2.45) is 0 Å². The zero-order valence-electron chi connectivity index (χ0n) is 3.21. The first-order valence-electron chi connectivity index (χ1n) is 1.52. The van der Waals surface area contributed by atoms with Crippen molar-refractivity contribution in [1.82, 2.24) is 5.48 Å². The van der Waals surface area contributed by atoms with Gasteiger partial charge in [-0.15, -0.1) is 25.3 Å². The van der Waals surface area contributed by atoms with Gasteiger partial charge in [-0.2, -0.15) is 4.28 Å². The Hall–Kier alpha value is 0.550. The number of hydrogen-bond acceptors (Lipinski definition) is 5. The van der Waals surface area contributed by atoms with E-state index < -0.39 is 0 Å². The Morgan fingerprint density at radius 2 is 2.29 bits per heavy atom. The Labute approximate surface area is 56.7 Å². The van der Waals surface area contributed by atoms with E-state index in [-0.39, 0.29) is 0 Å². The molecule has 1 aliphatic heterocycles. The van der Waals surface area contributed by atoms with Gasteiger partial charge in [0.25, 0.3) is 0 Å². The standard InChI is InChI=1S/C2H3NOS3/c5-1-2(6)7-4-3-1/h3,5-6H. The van der Waals surface area contributed by atoms with Crippen LogP contribution in [0.4, 0.5) is 0 Å². The van der Waals surface area contributed by atoms with Crippen molar-refractivity contribution in [1.29, 1.82) is 0 Å². The highest BCUT2D eigenvalue weighted by Gasteiger charge is 2.07. The zero-order valence-corrected chi connectivity index (χ0v) is 5.82. The van der Waals surface area contributed by atoms with Gasteiger partial charge in [0.05, 0.1) is 16.3 Å². The lowest BCUT2D eigenvalue weighted by Gasteiger charge is -1.85. The van der Waals surface area contributed by atoms with Crippen LogP contribution in [0.5, 0.6) is 0 Å². The zero-order chi connectivity index (χ0) is 5.28. The lowest BCUT2D eigenvalue weighted by molar-refractivity contribution is 0.302. The van der Waals surface area contributed by atoms with Gasteiger partial charge in [0.1, 0.15) is 5.03 Å². The second-order valence-corrected chi connectivity index (χ2v) is 2.86. The van der Waals surface area contributed by atoms with E-state index in [0.717, 1.165) is 16.3 Å². The highest BCUT2D eigenvalue weighted by Crippen LogP contribution is 2.29. The summed E-state index contributed by atoms with van der Waals surface area (Å²) in [6.07, 6.45) is 0. The summed E-state index contributed by atoms with van der Waals surface area (Å²) in [6.45, 7) is 0. The minimum Gasteiger partial charge on any atom is -0.246 e. The van der Waals surface area contributed by atoms with Crippen LogP contribution in [-0.4, -0.2) is 0 Å².